The largest absolute Gasteiger partial charge is 0.373 e. The molecule has 3 aromatic heterocycles. The Hall–Kier alpha value is -2.73. The number of carbonyl (C=O) groups excluding carboxylic acids is 1. The van der Waals surface area contributed by atoms with Gasteiger partial charge in [-0.05, 0) is 77.6 Å². The van der Waals surface area contributed by atoms with Crippen LogP contribution in [0.3, 0.4) is 0 Å². The van der Waals surface area contributed by atoms with E-state index in [1.54, 1.807) is 12.4 Å². The molecule has 1 fully saturated rings. The summed E-state index contributed by atoms with van der Waals surface area (Å²) in [5, 5.41) is 3.22. The zero-order valence-corrected chi connectivity index (χ0v) is 18.2. The van der Waals surface area contributed by atoms with Crippen molar-refractivity contribution in [1.82, 2.24) is 19.7 Å². The maximum Gasteiger partial charge on any atom is 0.255 e. The van der Waals surface area contributed by atoms with Gasteiger partial charge in [0, 0.05) is 35.9 Å². The summed E-state index contributed by atoms with van der Waals surface area (Å²) in [7, 11) is 0. The summed E-state index contributed by atoms with van der Waals surface area (Å²) in [6.07, 6.45) is 9.54. The number of amides is 1. The van der Waals surface area contributed by atoms with E-state index in [1.807, 2.05) is 41.8 Å². The Morgan fingerprint density at radius 1 is 1.20 bits per heavy atom. The Morgan fingerprint density at radius 3 is 2.63 bits per heavy atom. The van der Waals surface area contributed by atoms with Gasteiger partial charge in [0.1, 0.15) is 5.65 Å². The van der Waals surface area contributed by atoms with Gasteiger partial charge >= 0.3 is 0 Å². The molecule has 4 rings (SSSR count). The minimum Gasteiger partial charge on any atom is -0.373 e. The number of nitrogens with one attached hydrogen (secondary N) is 1. The van der Waals surface area contributed by atoms with Gasteiger partial charge in [-0.2, -0.15) is 0 Å². The van der Waals surface area contributed by atoms with Crippen LogP contribution in [0.4, 0.5) is 0 Å². The van der Waals surface area contributed by atoms with Crippen LogP contribution in [0.1, 0.15) is 62.5 Å². The van der Waals surface area contributed by atoms with Crippen LogP contribution in [0.5, 0.6) is 0 Å². The number of hydrogen-bond donors (Lipinski definition) is 1. The highest BCUT2D eigenvalue weighted by Gasteiger charge is 2.27. The lowest BCUT2D eigenvalue weighted by atomic mass is 9.92. The summed E-state index contributed by atoms with van der Waals surface area (Å²) in [5.41, 5.74) is 3.95. The maximum atomic E-state index is 13.0. The molecule has 1 amide bonds. The quantitative estimate of drug-likeness (QED) is 0.690. The molecule has 0 aromatic carbocycles. The SMILES string of the molecule is Cc1cc(-c2cccnc2)nc2c(C(=O)NC3CCC(OC(C)(C)C)CC3)ccn12. The molecular weight excluding hydrogens is 376 g/mol. The van der Waals surface area contributed by atoms with Gasteiger partial charge in [-0.1, -0.05) is 0 Å². The number of fused-ring (bicyclic) bond motifs is 1. The van der Waals surface area contributed by atoms with Crippen molar-refractivity contribution in [2.45, 2.75) is 71.1 Å². The van der Waals surface area contributed by atoms with E-state index in [0.29, 0.717) is 11.2 Å². The number of nitrogens with zero attached hydrogens (tertiary/aromatic N) is 3. The van der Waals surface area contributed by atoms with Crippen LogP contribution in [0.2, 0.25) is 0 Å². The van der Waals surface area contributed by atoms with Crippen LogP contribution in [-0.4, -0.2) is 38.0 Å². The predicted molar refractivity (Wildman–Crippen MR) is 118 cm³/mol. The normalized spacial score (nSPS) is 19.7. The van der Waals surface area contributed by atoms with E-state index in [0.717, 1.165) is 42.6 Å². The Morgan fingerprint density at radius 2 is 1.97 bits per heavy atom. The molecule has 0 bridgehead atoms. The van der Waals surface area contributed by atoms with E-state index in [2.05, 4.69) is 31.1 Å². The first-order valence-corrected chi connectivity index (χ1v) is 10.7. The van der Waals surface area contributed by atoms with Crippen LogP contribution in [0.25, 0.3) is 16.9 Å². The van der Waals surface area contributed by atoms with E-state index in [9.17, 15) is 4.79 Å². The van der Waals surface area contributed by atoms with Crippen molar-refractivity contribution in [1.29, 1.82) is 0 Å². The molecule has 1 N–H and O–H groups in total. The van der Waals surface area contributed by atoms with E-state index in [1.165, 1.54) is 0 Å². The van der Waals surface area contributed by atoms with Crippen molar-refractivity contribution in [2.75, 3.05) is 0 Å². The Labute approximate surface area is 177 Å². The zero-order chi connectivity index (χ0) is 21.3. The minimum absolute atomic E-state index is 0.0621. The molecule has 1 aliphatic carbocycles. The summed E-state index contributed by atoms with van der Waals surface area (Å²) in [4.78, 5) is 22.0. The van der Waals surface area contributed by atoms with Crippen molar-refractivity contribution >= 4 is 11.6 Å². The molecular formula is C24H30N4O2. The van der Waals surface area contributed by atoms with Gasteiger partial charge in [-0.15, -0.1) is 0 Å². The molecule has 0 saturated heterocycles. The average Bonchev–Trinajstić information content (AvgIpc) is 3.14. The molecule has 0 unspecified atom stereocenters. The van der Waals surface area contributed by atoms with Crippen LogP contribution in [-0.2, 0) is 4.74 Å². The van der Waals surface area contributed by atoms with Crippen molar-refractivity contribution < 1.29 is 9.53 Å². The fourth-order valence-electron chi connectivity index (χ4n) is 4.16. The third kappa shape index (κ3) is 4.54. The van der Waals surface area contributed by atoms with Crippen molar-refractivity contribution in [3.05, 3.63) is 54.1 Å². The van der Waals surface area contributed by atoms with Crippen LogP contribution in [0, 0.1) is 6.92 Å². The third-order valence-corrected chi connectivity index (χ3v) is 5.54. The first-order valence-electron chi connectivity index (χ1n) is 10.7. The summed E-state index contributed by atoms with van der Waals surface area (Å²) >= 11 is 0. The lowest BCUT2D eigenvalue weighted by molar-refractivity contribution is -0.0757. The van der Waals surface area contributed by atoms with E-state index in [4.69, 9.17) is 9.72 Å². The van der Waals surface area contributed by atoms with Crippen molar-refractivity contribution in [3.8, 4) is 11.3 Å². The molecule has 1 aliphatic rings. The smallest absolute Gasteiger partial charge is 0.255 e. The number of rotatable bonds is 4. The Balaban J connectivity index is 1.50. The number of pyridine rings is 1. The monoisotopic (exact) mass is 406 g/mol. The van der Waals surface area contributed by atoms with Gasteiger partial charge in [0.2, 0.25) is 0 Å². The highest BCUT2D eigenvalue weighted by molar-refractivity contribution is 6.00. The number of carbonyl (C=O) groups is 1. The summed E-state index contributed by atoms with van der Waals surface area (Å²) in [5.74, 6) is -0.0621. The topological polar surface area (TPSA) is 68.5 Å². The summed E-state index contributed by atoms with van der Waals surface area (Å²) in [6, 6.07) is 7.91. The molecule has 3 aromatic rings. The lowest BCUT2D eigenvalue weighted by Crippen LogP contribution is -2.40. The first-order chi connectivity index (χ1) is 14.3. The zero-order valence-electron chi connectivity index (χ0n) is 18.2. The van der Waals surface area contributed by atoms with E-state index in [-0.39, 0.29) is 23.7 Å². The van der Waals surface area contributed by atoms with Crippen molar-refractivity contribution in [3.63, 3.8) is 0 Å². The van der Waals surface area contributed by atoms with Gasteiger partial charge in [-0.25, -0.2) is 4.98 Å². The summed E-state index contributed by atoms with van der Waals surface area (Å²) < 4.78 is 8.06. The fraction of sp³-hybridized carbons (Fsp3) is 0.458. The molecule has 0 radical (unpaired) electrons. The van der Waals surface area contributed by atoms with Crippen molar-refractivity contribution in [2.24, 2.45) is 0 Å². The van der Waals surface area contributed by atoms with E-state index < -0.39 is 0 Å². The Bertz CT molecular complexity index is 1030. The molecule has 30 heavy (non-hydrogen) atoms. The molecule has 1 saturated carbocycles. The highest BCUT2D eigenvalue weighted by Crippen LogP contribution is 2.26. The summed E-state index contributed by atoms with van der Waals surface area (Å²) in [6.45, 7) is 8.29. The van der Waals surface area contributed by atoms with E-state index >= 15 is 0 Å². The Kier molecular flexibility index (Phi) is 5.60. The molecule has 3 heterocycles. The minimum atomic E-state index is -0.123. The standard InChI is InChI=1S/C24H30N4O2/c1-16-14-21(17-6-5-12-25-15-17)27-22-20(11-13-28(16)22)23(29)26-18-7-9-19(10-8-18)30-24(2,3)4/h5-6,11-15,18-19H,7-10H2,1-4H3,(H,26,29). The molecule has 0 spiro atoms. The van der Waals surface area contributed by atoms with Crippen LogP contribution >= 0.6 is 0 Å². The van der Waals surface area contributed by atoms with Gasteiger partial charge < -0.3 is 14.5 Å². The molecule has 6 nitrogen and oxygen atoms in total. The fourth-order valence-corrected chi connectivity index (χ4v) is 4.16. The lowest BCUT2D eigenvalue weighted by Gasteiger charge is -2.33. The van der Waals surface area contributed by atoms with Crippen LogP contribution < -0.4 is 5.32 Å². The first kappa shape index (κ1) is 20.5. The second-order valence-electron chi connectivity index (χ2n) is 9.12. The molecule has 0 atom stereocenters. The molecule has 6 heteroatoms. The van der Waals surface area contributed by atoms with Gasteiger partial charge in [0.25, 0.3) is 5.91 Å². The van der Waals surface area contributed by atoms with Gasteiger partial charge in [0.15, 0.2) is 0 Å². The maximum absolute atomic E-state index is 13.0. The van der Waals surface area contributed by atoms with Gasteiger partial charge in [-0.3, -0.25) is 9.78 Å². The number of aromatic nitrogens is 3. The number of ether oxygens (including phenoxy) is 1. The highest BCUT2D eigenvalue weighted by atomic mass is 16.5. The molecule has 0 aliphatic heterocycles. The predicted octanol–water partition coefficient (Wildman–Crippen LogP) is 4.56. The number of aryl methyl sites for hydroxylation is 1. The second kappa shape index (κ2) is 8.19. The second-order valence-corrected chi connectivity index (χ2v) is 9.12. The van der Waals surface area contributed by atoms with Gasteiger partial charge in [0.05, 0.1) is 23.0 Å². The van der Waals surface area contributed by atoms with Crippen LogP contribution in [0.15, 0.2) is 42.9 Å². The average molecular weight is 407 g/mol. The third-order valence-electron chi connectivity index (χ3n) is 5.54. The molecule has 158 valence electrons. The number of hydrogen-bond acceptors (Lipinski definition) is 4.